The van der Waals surface area contributed by atoms with Crippen LogP contribution in [-0.4, -0.2) is 33.6 Å². The molecule has 1 amide bonds. The lowest BCUT2D eigenvalue weighted by Crippen LogP contribution is -2.17. The van der Waals surface area contributed by atoms with E-state index in [4.69, 9.17) is 4.74 Å². The smallest absolute Gasteiger partial charge is 0.340 e. The molecule has 0 spiro atoms. The van der Waals surface area contributed by atoms with Crippen molar-refractivity contribution in [3.63, 3.8) is 0 Å². The Labute approximate surface area is 171 Å². The number of hydrogen-bond donors (Lipinski definition) is 1. The van der Waals surface area contributed by atoms with Gasteiger partial charge in [0.1, 0.15) is 0 Å². The van der Waals surface area contributed by atoms with Gasteiger partial charge < -0.3 is 10.1 Å². The summed E-state index contributed by atoms with van der Waals surface area (Å²) in [5.74, 6) is 0.135. The SMILES string of the molecule is CCOC(=O)c1ccccc1NC(=O)CSc1nc(-c2cccc(C)c2)ns1. The molecule has 28 heavy (non-hydrogen) atoms. The van der Waals surface area contributed by atoms with Gasteiger partial charge in [0.25, 0.3) is 0 Å². The van der Waals surface area contributed by atoms with Crippen molar-refractivity contribution in [2.45, 2.75) is 18.2 Å². The first-order valence-electron chi connectivity index (χ1n) is 8.66. The maximum absolute atomic E-state index is 12.3. The molecule has 0 fully saturated rings. The average Bonchev–Trinajstić information content (AvgIpc) is 3.16. The van der Waals surface area contributed by atoms with Crippen molar-refractivity contribution >= 4 is 40.9 Å². The highest BCUT2D eigenvalue weighted by atomic mass is 32.2. The van der Waals surface area contributed by atoms with Gasteiger partial charge in [-0.05, 0) is 43.6 Å². The number of benzene rings is 2. The van der Waals surface area contributed by atoms with Gasteiger partial charge >= 0.3 is 5.97 Å². The summed E-state index contributed by atoms with van der Waals surface area (Å²) >= 11 is 2.57. The molecule has 3 aromatic rings. The summed E-state index contributed by atoms with van der Waals surface area (Å²) in [5.41, 5.74) is 2.86. The van der Waals surface area contributed by atoms with Gasteiger partial charge in [0.05, 0.1) is 23.6 Å². The summed E-state index contributed by atoms with van der Waals surface area (Å²) in [6.07, 6.45) is 0. The predicted molar refractivity (Wildman–Crippen MR) is 112 cm³/mol. The Morgan fingerprint density at radius 3 is 2.79 bits per heavy atom. The molecule has 0 saturated carbocycles. The third kappa shape index (κ3) is 5.17. The monoisotopic (exact) mass is 413 g/mol. The Morgan fingerprint density at radius 2 is 2.00 bits per heavy atom. The molecule has 0 aliphatic carbocycles. The average molecular weight is 414 g/mol. The molecule has 6 nitrogen and oxygen atoms in total. The van der Waals surface area contributed by atoms with Crippen LogP contribution in [-0.2, 0) is 9.53 Å². The number of aryl methyl sites for hydroxylation is 1. The molecular weight excluding hydrogens is 394 g/mol. The lowest BCUT2D eigenvalue weighted by molar-refractivity contribution is -0.113. The predicted octanol–water partition coefficient (Wildman–Crippen LogP) is 4.42. The quantitative estimate of drug-likeness (QED) is 0.456. The molecule has 0 atom stereocenters. The minimum absolute atomic E-state index is 0.166. The third-order valence-electron chi connectivity index (χ3n) is 3.71. The van der Waals surface area contributed by atoms with Crippen LogP contribution in [0.2, 0.25) is 0 Å². The summed E-state index contributed by atoms with van der Waals surface area (Å²) in [7, 11) is 0. The van der Waals surface area contributed by atoms with Gasteiger partial charge in [0.2, 0.25) is 5.91 Å². The summed E-state index contributed by atoms with van der Waals surface area (Å²) in [4.78, 5) is 28.8. The van der Waals surface area contributed by atoms with E-state index in [-0.39, 0.29) is 18.3 Å². The minimum Gasteiger partial charge on any atom is -0.462 e. The minimum atomic E-state index is -0.460. The second-order valence-corrected chi connectivity index (χ2v) is 7.83. The van der Waals surface area contributed by atoms with E-state index < -0.39 is 5.97 Å². The van der Waals surface area contributed by atoms with Crippen LogP contribution in [0.15, 0.2) is 52.9 Å². The lowest BCUT2D eigenvalue weighted by Gasteiger charge is -2.09. The fraction of sp³-hybridized carbons (Fsp3) is 0.200. The molecule has 0 radical (unpaired) electrons. The van der Waals surface area contributed by atoms with Gasteiger partial charge in [0.15, 0.2) is 10.2 Å². The van der Waals surface area contributed by atoms with E-state index in [1.54, 1.807) is 31.2 Å². The van der Waals surface area contributed by atoms with E-state index in [1.165, 1.54) is 23.3 Å². The highest BCUT2D eigenvalue weighted by molar-refractivity contribution is 8.01. The summed E-state index contributed by atoms with van der Waals surface area (Å²) in [6.45, 7) is 4.03. The molecule has 8 heteroatoms. The molecule has 0 unspecified atom stereocenters. The van der Waals surface area contributed by atoms with Gasteiger partial charge in [-0.25, -0.2) is 9.78 Å². The maximum atomic E-state index is 12.3. The first kappa shape index (κ1) is 20.0. The molecule has 0 saturated heterocycles. The molecule has 144 valence electrons. The number of nitrogens with zero attached hydrogens (tertiary/aromatic N) is 2. The molecule has 1 N–H and O–H groups in total. The van der Waals surface area contributed by atoms with Crippen molar-refractivity contribution in [2.75, 3.05) is 17.7 Å². The van der Waals surface area contributed by atoms with E-state index in [0.717, 1.165) is 11.1 Å². The van der Waals surface area contributed by atoms with Crippen molar-refractivity contribution in [1.82, 2.24) is 9.36 Å². The van der Waals surface area contributed by atoms with Gasteiger partial charge in [-0.2, -0.15) is 4.37 Å². The highest BCUT2D eigenvalue weighted by Gasteiger charge is 2.15. The van der Waals surface area contributed by atoms with Crippen LogP contribution in [0.1, 0.15) is 22.8 Å². The van der Waals surface area contributed by atoms with Crippen LogP contribution >= 0.6 is 23.3 Å². The Bertz CT molecular complexity index is 988. The number of esters is 1. The molecule has 3 rings (SSSR count). The zero-order valence-electron chi connectivity index (χ0n) is 15.5. The van der Waals surface area contributed by atoms with Crippen molar-refractivity contribution in [2.24, 2.45) is 0 Å². The number of para-hydroxylation sites is 1. The van der Waals surface area contributed by atoms with Gasteiger partial charge in [0, 0.05) is 5.56 Å². The number of carbonyl (C=O) groups is 2. The first-order chi connectivity index (χ1) is 13.6. The summed E-state index contributed by atoms with van der Waals surface area (Å²) < 4.78 is 10.1. The number of thioether (sulfide) groups is 1. The van der Waals surface area contributed by atoms with Crippen LogP contribution in [0.5, 0.6) is 0 Å². The van der Waals surface area contributed by atoms with Crippen LogP contribution in [0.25, 0.3) is 11.4 Å². The topological polar surface area (TPSA) is 81.2 Å². The molecule has 0 aliphatic heterocycles. The fourth-order valence-electron chi connectivity index (χ4n) is 2.46. The van der Waals surface area contributed by atoms with Gasteiger partial charge in [-0.1, -0.05) is 47.7 Å². The number of aromatic nitrogens is 2. The second-order valence-electron chi connectivity index (χ2n) is 5.86. The summed E-state index contributed by atoms with van der Waals surface area (Å²) in [6, 6.07) is 14.7. The van der Waals surface area contributed by atoms with E-state index in [9.17, 15) is 9.59 Å². The Morgan fingerprint density at radius 1 is 1.18 bits per heavy atom. The Kier molecular flexibility index (Phi) is 6.78. The Hall–Kier alpha value is -2.71. The second kappa shape index (κ2) is 9.48. The Balaban J connectivity index is 1.61. The number of rotatable bonds is 7. The van der Waals surface area contributed by atoms with Crippen molar-refractivity contribution in [1.29, 1.82) is 0 Å². The van der Waals surface area contributed by atoms with E-state index in [2.05, 4.69) is 14.7 Å². The van der Waals surface area contributed by atoms with Crippen LogP contribution in [0.3, 0.4) is 0 Å². The lowest BCUT2D eigenvalue weighted by atomic mass is 10.1. The van der Waals surface area contributed by atoms with Crippen molar-refractivity contribution in [3.05, 3.63) is 59.7 Å². The summed E-state index contributed by atoms with van der Waals surface area (Å²) in [5, 5.41) is 2.76. The standard InChI is InChI=1S/C20H19N3O3S2/c1-3-26-19(25)15-9-4-5-10-16(15)21-17(24)12-27-20-22-18(23-28-20)14-8-6-7-13(2)11-14/h4-11H,3,12H2,1-2H3,(H,21,24). The molecule has 1 heterocycles. The fourth-order valence-corrected chi connectivity index (χ4v) is 3.88. The number of ether oxygens (including phenoxy) is 1. The number of nitrogens with one attached hydrogen (secondary N) is 1. The number of anilines is 1. The van der Waals surface area contributed by atoms with E-state index in [0.29, 0.717) is 21.4 Å². The van der Waals surface area contributed by atoms with Gasteiger partial charge in [-0.3, -0.25) is 4.79 Å². The van der Waals surface area contributed by atoms with Crippen LogP contribution < -0.4 is 5.32 Å². The van der Waals surface area contributed by atoms with E-state index >= 15 is 0 Å². The van der Waals surface area contributed by atoms with Crippen molar-refractivity contribution < 1.29 is 14.3 Å². The zero-order chi connectivity index (χ0) is 19.9. The molecule has 2 aromatic carbocycles. The molecule has 0 bridgehead atoms. The van der Waals surface area contributed by atoms with Crippen molar-refractivity contribution in [3.8, 4) is 11.4 Å². The highest BCUT2D eigenvalue weighted by Crippen LogP contribution is 2.26. The first-order valence-corrected chi connectivity index (χ1v) is 10.4. The number of carbonyl (C=O) groups excluding carboxylic acids is 2. The van der Waals surface area contributed by atoms with Crippen LogP contribution in [0.4, 0.5) is 5.69 Å². The molecular formula is C20H19N3O3S2. The normalized spacial score (nSPS) is 10.5. The van der Waals surface area contributed by atoms with E-state index in [1.807, 2.05) is 31.2 Å². The number of amides is 1. The third-order valence-corrected chi connectivity index (χ3v) is 5.54. The largest absolute Gasteiger partial charge is 0.462 e. The van der Waals surface area contributed by atoms with Gasteiger partial charge in [-0.15, -0.1) is 0 Å². The number of hydrogen-bond acceptors (Lipinski definition) is 7. The zero-order valence-corrected chi connectivity index (χ0v) is 17.1. The molecule has 0 aliphatic rings. The molecule has 1 aromatic heterocycles. The maximum Gasteiger partial charge on any atom is 0.340 e. The van der Waals surface area contributed by atoms with Crippen LogP contribution in [0, 0.1) is 6.92 Å².